The van der Waals surface area contributed by atoms with Crippen molar-refractivity contribution in [1.82, 2.24) is 4.98 Å². The van der Waals surface area contributed by atoms with Gasteiger partial charge in [-0.25, -0.2) is 4.98 Å². The van der Waals surface area contributed by atoms with E-state index in [0.717, 1.165) is 17.0 Å². The number of oxime groups is 1. The van der Waals surface area contributed by atoms with Gasteiger partial charge in [0, 0.05) is 18.0 Å². The first-order valence-corrected chi connectivity index (χ1v) is 7.59. The summed E-state index contributed by atoms with van der Waals surface area (Å²) < 4.78 is 5.13. The zero-order valence-corrected chi connectivity index (χ0v) is 13.0. The molecular formula is C15H15N3O3S. The number of benzene rings is 1. The number of thiazole rings is 1. The molecule has 6 nitrogen and oxygen atoms in total. The number of nitrogens with one attached hydrogen (secondary N) is 1. The van der Waals surface area contributed by atoms with Gasteiger partial charge in [-0.1, -0.05) is 5.16 Å². The summed E-state index contributed by atoms with van der Waals surface area (Å²) in [6, 6.07) is 7.49. The highest BCUT2D eigenvalue weighted by Gasteiger charge is 2.42. The molecule has 114 valence electrons. The molecular weight excluding hydrogens is 302 g/mol. The number of carbonyl (C=O) groups excluding carboxylic acids is 1. The Hall–Kier alpha value is -2.41. The molecule has 3 rings (SSSR count). The third-order valence-corrected chi connectivity index (χ3v) is 4.11. The number of methoxy groups -OCH3 is 1. The van der Waals surface area contributed by atoms with Crippen molar-refractivity contribution in [3.8, 4) is 5.75 Å². The number of nitrogens with zero attached hydrogens (tertiary/aromatic N) is 2. The Labute approximate surface area is 131 Å². The van der Waals surface area contributed by atoms with Crippen molar-refractivity contribution in [3.63, 3.8) is 0 Å². The SMILES string of the molecule is COc1ccc(C2=NO[C@@](C)(C(=O)Nc3nccs3)C2)cc1. The van der Waals surface area contributed by atoms with Crippen LogP contribution in [0.2, 0.25) is 0 Å². The van der Waals surface area contributed by atoms with Gasteiger partial charge in [0.1, 0.15) is 5.75 Å². The van der Waals surface area contributed by atoms with E-state index >= 15 is 0 Å². The Kier molecular flexibility index (Phi) is 3.81. The Bertz CT molecular complexity index is 697. The van der Waals surface area contributed by atoms with Gasteiger partial charge in [-0.05, 0) is 36.8 Å². The van der Waals surface area contributed by atoms with Crippen LogP contribution in [0.3, 0.4) is 0 Å². The zero-order valence-electron chi connectivity index (χ0n) is 12.2. The molecule has 0 saturated carbocycles. The normalized spacial score (nSPS) is 20.2. The predicted octanol–water partition coefficient (Wildman–Crippen LogP) is 2.67. The van der Waals surface area contributed by atoms with Crippen LogP contribution in [-0.2, 0) is 9.63 Å². The summed E-state index contributed by atoms with van der Waals surface area (Å²) >= 11 is 1.36. The Morgan fingerprint density at radius 2 is 2.18 bits per heavy atom. The van der Waals surface area contributed by atoms with Crippen molar-refractivity contribution in [1.29, 1.82) is 0 Å². The monoisotopic (exact) mass is 317 g/mol. The van der Waals surface area contributed by atoms with Crippen LogP contribution in [0.5, 0.6) is 5.75 Å². The van der Waals surface area contributed by atoms with Gasteiger partial charge in [0.2, 0.25) is 5.60 Å². The summed E-state index contributed by atoms with van der Waals surface area (Å²) in [6.07, 6.45) is 2.04. The second-order valence-electron chi connectivity index (χ2n) is 5.06. The van der Waals surface area contributed by atoms with Crippen LogP contribution in [0, 0.1) is 0 Å². The van der Waals surface area contributed by atoms with Crippen molar-refractivity contribution in [2.24, 2.45) is 5.16 Å². The molecule has 0 fully saturated rings. The van der Waals surface area contributed by atoms with Crippen LogP contribution in [0.4, 0.5) is 5.13 Å². The van der Waals surface area contributed by atoms with E-state index in [-0.39, 0.29) is 5.91 Å². The number of carbonyl (C=O) groups is 1. The standard InChI is InChI=1S/C15H15N3O3S/c1-15(13(19)17-14-16-7-8-22-14)9-12(18-21-15)10-3-5-11(20-2)6-4-10/h3-8H,9H2,1-2H3,(H,16,17,19)/t15-/m1/s1. The van der Waals surface area contributed by atoms with Crippen molar-refractivity contribution >= 4 is 28.1 Å². The lowest BCUT2D eigenvalue weighted by atomic mass is 9.95. The average Bonchev–Trinajstić information content (AvgIpc) is 3.18. The highest BCUT2D eigenvalue weighted by Crippen LogP contribution is 2.29. The van der Waals surface area contributed by atoms with Crippen LogP contribution >= 0.6 is 11.3 Å². The number of anilines is 1. The van der Waals surface area contributed by atoms with Crippen LogP contribution in [-0.4, -0.2) is 29.3 Å². The summed E-state index contributed by atoms with van der Waals surface area (Å²) in [5, 5.41) is 9.15. The lowest BCUT2D eigenvalue weighted by Gasteiger charge is -2.19. The fourth-order valence-electron chi connectivity index (χ4n) is 2.11. The molecule has 0 unspecified atom stereocenters. The second-order valence-corrected chi connectivity index (χ2v) is 5.95. The number of ether oxygens (including phenoxy) is 1. The molecule has 1 aliphatic rings. The van der Waals surface area contributed by atoms with E-state index in [2.05, 4.69) is 15.5 Å². The first-order valence-electron chi connectivity index (χ1n) is 6.71. The smallest absolute Gasteiger partial charge is 0.273 e. The van der Waals surface area contributed by atoms with E-state index < -0.39 is 5.60 Å². The molecule has 22 heavy (non-hydrogen) atoms. The number of amides is 1. The molecule has 1 aromatic carbocycles. The first-order chi connectivity index (χ1) is 10.6. The number of aromatic nitrogens is 1. The fourth-order valence-corrected chi connectivity index (χ4v) is 2.64. The zero-order chi connectivity index (χ0) is 15.6. The molecule has 0 saturated heterocycles. The van der Waals surface area contributed by atoms with Crippen molar-refractivity contribution < 1.29 is 14.4 Å². The maximum atomic E-state index is 12.3. The van der Waals surface area contributed by atoms with E-state index in [1.807, 2.05) is 24.3 Å². The predicted molar refractivity (Wildman–Crippen MR) is 84.4 cm³/mol. The molecule has 0 radical (unpaired) electrons. The minimum Gasteiger partial charge on any atom is -0.497 e. The lowest BCUT2D eigenvalue weighted by molar-refractivity contribution is -0.135. The van der Waals surface area contributed by atoms with Gasteiger partial charge < -0.3 is 9.57 Å². The third kappa shape index (κ3) is 2.80. The minimum absolute atomic E-state index is 0.255. The molecule has 0 spiro atoms. The molecule has 2 heterocycles. The summed E-state index contributed by atoms with van der Waals surface area (Å²) in [5.41, 5.74) is 0.618. The van der Waals surface area contributed by atoms with E-state index in [0.29, 0.717) is 11.6 Å². The Morgan fingerprint density at radius 1 is 1.41 bits per heavy atom. The van der Waals surface area contributed by atoms with Crippen LogP contribution in [0.1, 0.15) is 18.9 Å². The molecule has 1 amide bonds. The summed E-state index contributed by atoms with van der Waals surface area (Å²) in [4.78, 5) is 21.8. The van der Waals surface area contributed by atoms with Gasteiger partial charge in [0.15, 0.2) is 5.13 Å². The highest BCUT2D eigenvalue weighted by atomic mass is 32.1. The largest absolute Gasteiger partial charge is 0.497 e. The molecule has 0 aliphatic carbocycles. The first kappa shape index (κ1) is 14.5. The van der Waals surface area contributed by atoms with Crippen LogP contribution < -0.4 is 10.1 Å². The van der Waals surface area contributed by atoms with Gasteiger partial charge in [-0.15, -0.1) is 11.3 Å². The molecule has 7 heteroatoms. The molecule has 1 aromatic heterocycles. The Morgan fingerprint density at radius 3 is 2.82 bits per heavy atom. The summed E-state index contributed by atoms with van der Waals surface area (Å²) in [7, 11) is 1.62. The van der Waals surface area contributed by atoms with Crippen LogP contribution in [0.25, 0.3) is 0 Å². The maximum absolute atomic E-state index is 12.3. The van der Waals surface area contributed by atoms with E-state index in [9.17, 15) is 4.79 Å². The van der Waals surface area contributed by atoms with Gasteiger partial charge in [-0.2, -0.15) is 0 Å². The lowest BCUT2D eigenvalue weighted by Crippen LogP contribution is -2.40. The van der Waals surface area contributed by atoms with Gasteiger partial charge >= 0.3 is 0 Å². The summed E-state index contributed by atoms with van der Waals surface area (Å²) in [5.74, 6) is 0.516. The quantitative estimate of drug-likeness (QED) is 0.941. The molecule has 1 aliphatic heterocycles. The number of rotatable bonds is 4. The Balaban J connectivity index is 1.70. The second kappa shape index (κ2) is 5.76. The molecule has 2 aromatic rings. The van der Waals surface area contributed by atoms with Crippen molar-refractivity contribution in [2.75, 3.05) is 12.4 Å². The third-order valence-electron chi connectivity index (χ3n) is 3.42. The fraction of sp³-hybridized carbons (Fsp3) is 0.267. The summed E-state index contributed by atoms with van der Waals surface area (Å²) in [6.45, 7) is 1.72. The number of hydrogen-bond donors (Lipinski definition) is 1. The van der Waals surface area contributed by atoms with Crippen LogP contribution in [0.15, 0.2) is 41.0 Å². The average molecular weight is 317 g/mol. The van der Waals surface area contributed by atoms with Gasteiger partial charge in [0.25, 0.3) is 5.91 Å². The van der Waals surface area contributed by atoms with Gasteiger partial charge in [-0.3, -0.25) is 10.1 Å². The highest BCUT2D eigenvalue weighted by molar-refractivity contribution is 7.13. The minimum atomic E-state index is -1.03. The molecule has 0 bridgehead atoms. The maximum Gasteiger partial charge on any atom is 0.273 e. The van der Waals surface area contributed by atoms with Gasteiger partial charge in [0.05, 0.1) is 12.8 Å². The van der Waals surface area contributed by atoms with E-state index in [1.54, 1.807) is 25.6 Å². The van der Waals surface area contributed by atoms with E-state index in [4.69, 9.17) is 9.57 Å². The molecule has 1 atom stereocenters. The molecule has 1 N–H and O–H groups in total. The van der Waals surface area contributed by atoms with Crippen molar-refractivity contribution in [3.05, 3.63) is 41.4 Å². The van der Waals surface area contributed by atoms with Crippen molar-refractivity contribution in [2.45, 2.75) is 18.9 Å². The topological polar surface area (TPSA) is 72.8 Å². The van der Waals surface area contributed by atoms with E-state index in [1.165, 1.54) is 11.3 Å². The number of hydrogen-bond acceptors (Lipinski definition) is 6.